The van der Waals surface area contributed by atoms with Crippen molar-refractivity contribution in [3.05, 3.63) is 33.8 Å². The normalized spacial score (nSPS) is 23.3. The predicted octanol–water partition coefficient (Wildman–Crippen LogP) is 2.84. The van der Waals surface area contributed by atoms with Gasteiger partial charge < -0.3 is 10.6 Å². The van der Waals surface area contributed by atoms with Gasteiger partial charge in [0.2, 0.25) is 0 Å². The first-order valence-corrected chi connectivity index (χ1v) is 7.27. The lowest BCUT2D eigenvalue weighted by Crippen LogP contribution is -2.37. The molecule has 0 spiro atoms. The molecule has 0 radical (unpaired) electrons. The van der Waals surface area contributed by atoms with E-state index in [1.54, 1.807) is 0 Å². The maximum atomic E-state index is 6.02. The Labute approximate surface area is 116 Å². The molecule has 1 unspecified atom stereocenters. The summed E-state index contributed by atoms with van der Waals surface area (Å²) in [5.41, 5.74) is 8.59. The number of hydrogen-bond donors (Lipinski definition) is 1. The second kappa shape index (κ2) is 4.57. The molecule has 4 heteroatoms. The number of aryl methyl sites for hydroxylation is 1. The molecular weight excluding hydrogens is 290 g/mol. The fourth-order valence-electron chi connectivity index (χ4n) is 2.50. The molecule has 1 aliphatic carbocycles. The molecule has 1 aliphatic heterocycles. The Hall–Kier alpha value is -1.03. The molecule has 1 atom stereocenters. The van der Waals surface area contributed by atoms with E-state index in [1.165, 1.54) is 24.0 Å². The van der Waals surface area contributed by atoms with E-state index in [0.29, 0.717) is 12.0 Å². The van der Waals surface area contributed by atoms with Crippen LogP contribution in [0.2, 0.25) is 0 Å². The molecule has 3 rings (SSSR count). The zero-order valence-electron chi connectivity index (χ0n) is 10.6. The van der Waals surface area contributed by atoms with Crippen LogP contribution in [0.15, 0.2) is 27.7 Å². The Morgan fingerprint density at radius 1 is 1.44 bits per heavy atom. The van der Waals surface area contributed by atoms with Crippen molar-refractivity contribution in [3.63, 3.8) is 0 Å². The number of nitrogens with two attached hydrogens (primary N) is 1. The van der Waals surface area contributed by atoms with Gasteiger partial charge in [-0.05, 0) is 42.9 Å². The highest BCUT2D eigenvalue weighted by molar-refractivity contribution is 9.10. The number of hydrogen-bond acceptors (Lipinski definition) is 3. The van der Waals surface area contributed by atoms with Crippen LogP contribution in [0, 0.1) is 12.8 Å². The van der Waals surface area contributed by atoms with Crippen LogP contribution in [0.25, 0.3) is 0 Å². The molecule has 96 valence electrons. The molecule has 1 aromatic carbocycles. The summed E-state index contributed by atoms with van der Waals surface area (Å²) in [7, 11) is 0. The second-order valence-electron chi connectivity index (χ2n) is 5.34. The van der Waals surface area contributed by atoms with Gasteiger partial charge in [-0.2, -0.15) is 0 Å². The predicted molar refractivity (Wildman–Crippen MR) is 77.5 cm³/mol. The van der Waals surface area contributed by atoms with Gasteiger partial charge in [0.25, 0.3) is 0 Å². The summed E-state index contributed by atoms with van der Waals surface area (Å²) >= 11 is 3.67. The standard InChI is InChI=1S/C14H18BrN3/c1-9-2-5-11(12(15)6-9)13-7-17-14(16)18(13)8-10-3-4-10/h2,5-6,10,13H,3-4,7-8H2,1H3,(H2,16,17). The van der Waals surface area contributed by atoms with Gasteiger partial charge in [0, 0.05) is 11.0 Å². The molecule has 1 heterocycles. The number of nitrogens with zero attached hydrogens (tertiary/aromatic N) is 2. The van der Waals surface area contributed by atoms with Crippen molar-refractivity contribution < 1.29 is 0 Å². The minimum Gasteiger partial charge on any atom is -0.370 e. The third-order valence-electron chi connectivity index (χ3n) is 3.76. The Morgan fingerprint density at radius 2 is 2.22 bits per heavy atom. The van der Waals surface area contributed by atoms with E-state index < -0.39 is 0 Å². The molecule has 0 amide bonds. The lowest BCUT2D eigenvalue weighted by Gasteiger charge is -2.27. The summed E-state index contributed by atoms with van der Waals surface area (Å²) in [5, 5.41) is 0. The average molecular weight is 308 g/mol. The van der Waals surface area contributed by atoms with Gasteiger partial charge in [-0.25, -0.2) is 0 Å². The number of benzene rings is 1. The number of guanidine groups is 1. The van der Waals surface area contributed by atoms with Gasteiger partial charge in [0.05, 0.1) is 12.6 Å². The Bertz CT molecular complexity index is 494. The fourth-order valence-corrected chi connectivity index (χ4v) is 3.25. The lowest BCUT2D eigenvalue weighted by molar-refractivity contribution is 0.333. The van der Waals surface area contributed by atoms with Gasteiger partial charge >= 0.3 is 0 Å². The summed E-state index contributed by atoms with van der Waals surface area (Å²) in [6.45, 7) is 3.94. The second-order valence-corrected chi connectivity index (χ2v) is 6.19. The molecule has 2 aliphatic rings. The van der Waals surface area contributed by atoms with E-state index >= 15 is 0 Å². The molecule has 1 saturated carbocycles. The smallest absolute Gasteiger partial charge is 0.191 e. The average Bonchev–Trinajstić information content (AvgIpc) is 3.06. The lowest BCUT2D eigenvalue weighted by atomic mass is 10.0. The van der Waals surface area contributed by atoms with Crippen molar-refractivity contribution in [1.29, 1.82) is 0 Å². The van der Waals surface area contributed by atoms with Crippen LogP contribution in [-0.2, 0) is 0 Å². The van der Waals surface area contributed by atoms with E-state index in [0.717, 1.165) is 23.5 Å². The van der Waals surface area contributed by atoms with Crippen LogP contribution in [-0.4, -0.2) is 23.9 Å². The van der Waals surface area contributed by atoms with Gasteiger partial charge in [0.15, 0.2) is 5.96 Å². The van der Waals surface area contributed by atoms with E-state index in [9.17, 15) is 0 Å². The van der Waals surface area contributed by atoms with Crippen LogP contribution in [0.1, 0.15) is 30.0 Å². The molecule has 1 fully saturated rings. The highest BCUT2D eigenvalue weighted by Crippen LogP contribution is 2.36. The molecule has 0 saturated heterocycles. The maximum Gasteiger partial charge on any atom is 0.191 e. The Balaban J connectivity index is 1.85. The Morgan fingerprint density at radius 3 is 2.89 bits per heavy atom. The largest absolute Gasteiger partial charge is 0.370 e. The first kappa shape index (κ1) is 12.0. The van der Waals surface area contributed by atoms with Crippen molar-refractivity contribution in [1.82, 2.24) is 4.90 Å². The first-order valence-electron chi connectivity index (χ1n) is 6.48. The van der Waals surface area contributed by atoms with Crippen LogP contribution in [0.5, 0.6) is 0 Å². The molecule has 2 N–H and O–H groups in total. The molecule has 18 heavy (non-hydrogen) atoms. The first-order chi connectivity index (χ1) is 8.65. The van der Waals surface area contributed by atoms with Gasteiger partial charge in [-0.15, -0.1) is 0 Å². The highest BCUT2D eigenvalue weighted by Gasteiger charge is 2.33. The summed E-state index contributed by atoms with van der Waals surface area (Å²) in [5.74, 6) is 1.53. The molecule has 0 bridgehead atoms. The third kappa shape index (κ3) is 2.26. The Kier molecular flexibility index (Phi) is 3.06. The minimum absolute atomic E-state index is 0.306. The highest BCUT2D eigenvalue weighted by atomic mass is 79.9. The van der Waals surface area contributed by atoms with Gasteiger partial charge in [-0.1, -0.05) is 28.1 Å². The van der Waals surface area contributed by atoms with Gasteiger partial charge in [-0.3, -0.25) is 4.99 Å². The summed E-state index contributed by atoms with van der Waals surface area (Å²) in [6, 6.07) is 6.82. The zero-order valence-corrected chi connectivity index (χ0v) is 12.2. The van der Waals surface area contributed by atoms with E-state index in [2.05, 4.69) is 50.9 Å². The van der Waals surface area contributed by atoms with E-state index in [4.69, 9.17) is 5.73 Å². The van der Waals surface area contributed by atoms with Crippen LogP contribution in [0.4, 0.5) is 0 Å². The van der Waals surface area contributed by atoms with E-state index in [-0.39, 0.29) is 0 Å². The fraction of sp³-hybridized carbons (Fsp3) is 0.500. The zero-order chi connectivity index (χ0) is 12.7. The summed E-state index contributed by atoms with van der Waals surface area (Å²) in [6.07, 6.45) is 2.68. The van der Waals surface area contributed by atoms with Crippen molar-refractivity contribution in [2.75, 3.05) is 13.1 Å². The molecular formula is C14H18BrN3. The molecule has 0 aromatic heterocycles. The topological polar surface area (TPSA) is 41.6 Å². The van der Waals surface area contributed by atoms with Crippen molar-refractivity contribution >= 4 is 21.9 Å². The number of aliphatic imine (C=N–C) groups is 1. The van der Waals surface area contributed by atoms with Crippen LogP contribution in [0.3, 0.4) is 0 Å². The maximum absolute atomic E-state index is 6.02. The van der Waals surface area contributed by atoms with Gasteiger partial charge in [0.1, 0.15) is 0 Å². The van der Waals surface area contributed by atoms with Crippen LogP contribution >= 0.6 is 15.9 Å². The SMILES string of the molecule is Cc1ccc(C2CN=C(N)N2CC2CC2)c(Br)c1. The monoisotopic (exact) mass is 307 g/mol. The minimum atomic E-state index is 0.306. The van der Waals surface area contributed by atoms with E-state index in [1.807, 2.05) is 0 Å². The number of halogens is 1. The summed E-state index contributed by atoms with van der Waals surface area (Å²) in [4.78, 5) is 6.69. The quantitative estimate of drug-likeness (QED) is 0.933. The molecule has 3 nitrogen and oxygen atoms in total. The van der Waals surface area contributed by atoms with Crippen molar-refractivity contribution in [2.24, 2.45) is 16.6 Å². The third-order valence-corrected chi connectivity index (χ3v) is 4.45. The van der Waals surface area contributed by atoms with Crippen molar-refractivity contribution in [2.45, 2.75) is 25.8 Å². The van der Waals surface area contributed by atoms with Crippen LogP contribution < -0.4 is 5.73 Å². The molecule has 1 aromatic rings. The number of rotatable bonds is 3. The van der Waals surface area contributed by atoms with Crippen molar-refractivity contribution in [3.8, 4) is 0 Å². The summed E-state index contributed by atoms with van der Waals surface area (Å²) < 4.78 is 1.16.